The standard InChI is InChI=1S/C18H18F3NO3S/c1-4-11-22(15-7-5-14(6-8-15)18(19,20)21)26(23,24)16-9-10-17(25-3)13(2)12-16/h4-10,12H,1,11H2,2-3H3. The molecule has 2 aromatic carbocycles. The molecule has 26 heavy (non-hydrogen) atoms. The average molecular weight is 385 g/mol. The van der Waals surface area contributed by atoms with Gasteiger partial charge in [0.15, 0.2) is 0 Å². The largest absolute Gasteiger partial charge is 0.496 e. The van der Waals surface area contributed by atoms with E-state index in [4.69, 9.17) is 4.74 Å². The van der Waals surface area contributed by atoms with Crippen LogP contribution in [-0.2, 0) is 16.2 Å². The molecule has 0 heterocycles. The zero-order valence-corrected chi connectivity index (χ0v) is 15.1. The Morgan fingerprint density at radius 1 is 1.15 bits per heavy atom. The van der Waals surface area contributed by atoms with Crippen LogP contribution in [0.5, 0.6) is 5.75 Å². The summed E-state index contributed by atoms with van der Waals surface area (Å²) in [6.07, 6.45) is -3.13. The molecule has 2 aromatic rings. The quantitative estimate of drug-likeness (QED) is 0.693. The number of alkyl halides is 3. The lowest BCUT2D eigenvalue weighted by molar-refractivity contribution is -0.137. The van der Waals surface area contributed by atoms with Crippen LogP contribution in [0.2, 0.25) is 0 Å². The van der Waals surface area contributed by atoms with Gasteiger partial charge in [-0.15, -0.1) is 6.58 Å². The van der Waals surface area contributed by atoms with E-state index in [9.17, 15) is 21.6 Å². The van der Waals surface area contributed by atoms with Crippen LogP contribution >= 0.6 is 0 Å². The van der Waals surface area contributed by atoms with Gasteiger partial charge in [-0.2, -0.15) is 13.2 Å². The Balaban J connectivity index is 2.48. The van der Waals surface area contributed by atoms with E-state index >= 15 is 0 Å². The Labute approximate surface area is 150 Å². The highest BCUT2D eigenvalue weighted by atomic mass is 32.2. The van der Waals surface area contributed by atoms with Gasteiger partial charge >= 0.3 is 6.18 Å². The summed E-state index contributed by atoms with van der Waals surface area (Å²) in [6, 6.07) is 8.32. The highest BCUT2D eigenvalue weighted by molar-refractivity contribution is 7.92. The topological polar surface area (TPSA) is 46.6 Å². The molecule has 0 fully saturated rings. The summed E-state index contributed by atoms with van der Waals surface area (Å²) >= 11 is 0. The SMILES string of the molecule is C=CCN(c1ccc(C(F)(F)F)cc1)S(=O)(=O)c1ccc(OC)c(C)c1. The molecule has 0 N–H and O–H groups in total. The Kier molecular flexibility index (Phi) is 5.65. The molecule has 0 atom stereocenters. The lowest BCUT2D eigenvalue weighted by Crippen LogP contribution is -2.31. The Bertz CT molecular complexity index is 891. The molecule has 4 nitrogen and oxygen atoms in total. The predicted molar refractivity (Wildman–Crippen MR) is 93.9 cm³/mol. The molecule has 8 heteroatoms. The molecule has 0 saturated heterocycles. The van der Waals surface area contributed by atoms with Crippen LogP contribution in [0.3, 0.4) is 0 Å². The predicted octanol–water partition coefficient (Wildman–Crippen LogP) is 4.40. The van der Waals surface area contributed by atoms with Crippen LogP contribution in [0, 0.1) is 6.92 Å². The molecule has 0 radical (unpaired) electrons. The number of sulfonamides is 1. The normalized spacial score (nSPS) is 11.9. The Hall–Kier alpha value is -2.48. The molecule has 0 aromatic heterocycles. The molecule has 0 aliphatic rings. The minimum Gasteiger partial charge on any atom is -0.496 e. The summed E-state index contributed by atoms with van der Waals surface area (Å²) in [5.74, 6) is 0.536. The van der Waals surface area contributed by atoms with E-state index < -0.39 is 21.8 Å². The minimum atomic E-state index is -4.49. The third-order valence-electron chi connectivity index (χ3n) is 3.73. The maximum Gasteiger partial charge on any atom is 0.416 e. The van der Waals surface area contributed by atoms with Gasteiger partial charge in [0, 0.05) is 0 Å². The minimum absolute atomic E-state index is 0.0116. The maximum absolute atomic E-state index is 13.0. The molecule has 0 bridgehead atoms. The van der Waals surface area contributed by atoms with Crippen molar-refractivity contribution in [1.29, 1.82) is 0 Å². The van der Waals surface area contributed by atoms with Gasteiger partial charge < -0.3 is 4.74 Å². The summed E-state index contributed by atoms with van der Waals surface area (Å²) < 4.78 is 70.2. The smallest absolute Gasteiger partial charge is 0.416 e. The fraction of sp³-hybridized carbons (Fsp3) is 0.222. The fourth-order valence-corrected chi connectivity index (χ4v) is 3.94. The van der Waals surface area contributed by atoms with Gasteiger partial charge in [-0.3, -0.25) is 4.31 Å². The zero-order valence-electron chi connectivity index (χ0n) is 14.2. The molecule has 0 aliphatic carbocycles. The van der Waals surface area contributed by atoms with Gasteiger partial charge in [0.2, 0.25) is 0 Å². The highest BCUT2D eigenvalue weighted by Gasteiger charge is 2.31. The van der Waals surface area contributed by atoms with Crippen molar-refractivity contribution in [2.24, 2.45) is 0 Å². The van der Waals surface area contributed by atoms with Crippen molar-refractivity contribution in [3.05, 3.63) is 66.2 Å². The summed E-state index contributed by atoms with van der Waals surface area (Å²) in [7, 11) is -2.51. The first-order valence-corrected chi connectivity index (χ1v) is 9.01. The van der Waals surface area contributed by atoms with Crippen molar-refractivity contribution in [3.8, 4) is 5.75 Å². The molecule has 0 unspecified atom stereocenters. The number of aryl methyl sites for hydroxylation is 1. The second-order valence-corrected chi connectivity index (χ2v) is 7.36. The highest BCUT2D eigenvalue weighted by Crippen LogP contribution is 2.32. The van der Waals surface area contributed by atoms with Crippen LogP contribution in [0.1, 0.15) is 11.1 Å². The van der Waals surface area contributed by atoms with Crippen molar-refractivity contribution < 1.29 is 26.3 Å². The second-order valence-electron chi connectivity index (χ2n) is 5.50. The van der Waals surface area contributed by atoms with Gasteiger partial charge in [-0.05, 0) is 55.0 Å². The number of hydrogen-bond donors (Lipinski definition) is 0. The first-order valence-electron chi connectivity index (χ1n) is 7.57. The van der Waals surface area contributed by atoms with Crippen molar-refractivity contribution in [2.45, 2.75) is 18.0 Å². The molecule has 0 spiro atoms. The van der Waals surface area contributed by atoms with Crippen molar-refractivity contribution in [3.63, 3.8) is 0 Å². The van der Waals surface area contributed by atoms with E-state index in [2.05, 4.69) is 6.58 Å². The van der Waals surface area contributed by atoms with Gasteiger partial charge in [0.05, 0.1) is 29.8 Å². The first-order chi connectivity index (χ1) is 12.1. The molecule has 0 amide bonds. The zero-order chi connectivity index (χ0) is 19.5. The summed E-state index contributed by atoms with van der Waals surface area (Å²) in [5.41, 5.74) is -0.108. The number of halogens is 3. The molecular formula is C18H18F3NO3S. The molecular weight excluding hydrogens is 367 g/mol. The van der Waals surface area contributed by atoms with Crippen molar-refractivity contribution in [2.75, 3.05) is 18.0 Å². The second kappa shape index (κ2) is 7.41. The molecule has 140 valence electrons. The fourth-order valence-electron chi connectivity index (χ4n) is 2.41. The Morgan fingerprint density at radius 2 is 1.77 bits per heavy atom. The van der Waals surface area contributed by atoms with Gasteiger partial charge in [-0.25, -0.2) is 8.42 Å². The van der Waals surface area contributed by atoms with Crippen LogP contribution in [-0.4, -0.2) is 22.1 Å². The first kappa shape index (κ1) is 19.8. The van der Waals surface area contributed by atoms with Crippen molar-refractivity contribution >= 4 is 15.7 Å². The number of benzene rings is 2. The summed E-state index contributed by atoms with van der Waals surface area (Å²) in [6.45, 7) is 5.15. The third-order valence-corrected chi connectivity index (χ3v) is 5.52. The van der Waals surface area contributed by atoms with Gasteiger partial charge in [-0.1, -0.05) is 6.08 Å². The van der Waals surface area contributed by atoms with Gasteiger partial charge in [0.25, 0.3) is 10.0 Å². The number of nitrogens with zero attached hydrogens (tertiary/aromatic N) is 1. The van der Waals surface area contributed by atoms with Crippen molar-refractivity contribution in [1.82, 2.24) is 0 Å². The van der Waals surface area contributed by atoms with Crippen LogP contribution < -0.4 is 9.04 Å². The maximum atomic E-state index is 13.0. The Morgan fingerprint density at radius 3 is 2.23 bits per heavy atom. The third kappa shape index (κ3) is 4.01. The monoisotopic (exact) mass is 385 g/mol. The number of anilines is 1. The van der Waals surface area contributed by atoms with E-state index in [0.29, 0.717) is 11.3 Å². The van der Waals surface area contributed by atoms with E-state index in [1.54, 1.807) is 6.92 Å². The van der Waals surface area contributed by atoms with E-state index in [1.807, 2.05) is 0 Å². The van der Waals surface area contributed by atoms with E-state index in [0.717, 1.165) is 28.6 Å². The summed E-state index contributed by atoms with van der Waals surface area (Å²) in [5, 5.41) is 0. The lowest BCUT2D eigenvalue weighted by Gasteiger charge is -2.24. The van der Waals surface area contributed by atoms with Gasteiger partial charge in [0.1, 0.15) is 5.75 Å². The lowest BCUT2D eigenvalue weighted by atomic mass is 10.2. The molecule has 0 aliphatic heterocycles. The molecule has 2 rings (SSSR count). The van der Waals surface area contributed by atoms with E-state index in [-0.39, 0.29) is 17.1 Å². The summed E-state index contributed by atoms with van der Waals surface area (Å²) in [4.78, 5) is 0.0116. The van der Waals surface area contributed by atoms with Crippen LogP contribution in [0.4, 0.5) is 18.9 Å². The number of methoxy groups -OCH3 is 1. The van der Waals surface area contributed by atoms with Crippen LogP contribution in [0.25, 0.3) is 0 Å². The average Bonchev–Trinajstić information content (AvgIpc) is 2.58. The number of ether oxygens (including phenoxy) is 1. The molecule has 0 saturated carbocycles. The number of rotatable bonds is 6. The number of hydrogen-bond acceptors (Lipinski definition) is 3. The van der Waals surface area contributed by atoms with E-state index in [1.165, 1.54) is 31.4 Å². The van der Waals surface area contributed by atoms with Crippen LogP contribution in [0.15, 0.2) is 60.0 Å².